The molecule has 3 N–H and O–H groups in total. The Balaban J connectivity index is 2.53. The molecule has 0 bridgehead atoms. The molecule has 0 aromatic heterocycles. The van der Waals surface area contributed by atoms with E-state index < -0.39 is 0 Å². The van der Waals surface area contributed by atoms with Gasteiger partial charge in [-0.2, -0.15) is 0 Å². The molecular formula is C15H16Cl2N2. The zero-order valence-corrected chi connectivity index (χ0v) is 12.4. The smallest absolute Gasteiger partial charge is 0.0725 e. The number of hydrazine groups is 1. The topological polar surface area (TPSA) is 38.0 Å². The summed E-state index contributed by atoms with van der Waals surface area (Å²) in [5.74, 6) is 5.70. The Morgan fingerprint density at radius 3 is 2.26 bits per heavy atom. The fourth-order valence-electron chi connectivity index (χ4n) is 2.29. The van der Waals surface area contributed by atoms with Crippen molar-refractivity contribution in [1.29, 1.82) is 0 Å². The minimum Gasteiger partial charge on any atom is -0.271 e. The summed E-state index contributed by atoms with van der Waals surface area (Å²) in [6.45, 7) is 4.12. The molecule has 1 atom stereocenters. The Morgan fingerprint density at radius 1 is 1.05 bits per heavy atom. The maximum absolute atomic E-state index is 6.27. The normalized spacial score (nSPS) is 12.5. The lowest BCUT2D eigenvalue weighted by molar-refractivity contribution is 0.636. The molecule has 0 aliphatic carbocycles. The van der Waals surface area contributed by atoms with Gasteiger partial charge in [-0.1, -0.05) is 64.7 Å². The second-order valence-corrected chi connectivity index (χ2v) is 5.45. The van der Waals surface area contributed by atoms with E-state index in [0.29, 0.717) is 10.0 Å². The Labute approximate surface area is 123 Å². The monoisotopic (exact) mass is 294 g/mol. The number of hydrogen-bond acceptors (Lipinski definition) is 2. The van der Waals surface area contributed by atoms with E-state index in [4.69, 9.17) is 29.0 Å². The maximum atomic E-state index is 6.27. The fourth-order valence-corrected chi connectivity index (χ4v) is 2.70. The third-order valence-corrected chi connectivity index (χ3v) is 3.87. The molecule has 2 aromatic rings. The first-order valence-electron chi connectivity index (χ1n) is 6.01. The van der Waals surface area contributed by atoms with E-state index in [9.17, 15) is 0 Å². The van der Waals surface area contributed by atoms with Gasteiger partial charge in [0.1, 0.15) is 0 Å². The van der Waals surface area contributed by atoms with Crippen LogP contribution in [0, 0.1) is 13.8 Å². The Kier molecular flexibility index (Phi) is 4.48. The van der Waals surface area contributed by atoms with Crippen molar-refractivity contribution < 1.29 is 0 Å². The van der Waals surface area contributed by atoms with Crippen LogP contribution in [0.15, 0.2) is 36.4 Å². The summed E-state index contributed by atoms with van der Waals surface area (Å²) in [6.07, 6.45) is 0. The molecule has 4 heteroatoms. The van der Waals surface area contributed by atoms with Crippen LogP contribution in [0.5, 0.6) is 0 Å². The van der Waals surface area contributed by atoms with Crippen LogP contribution in [0.4, 0.5) is 0 Å². The summed E-state index contributed by atoms with van der Waals surface area (Å²) in [6, 6.07) is 11.7. The van der Waals surface area contributed by atoms with Gasteiger partial charge in [0.25, 0.3) is 0 Å². The van der Waals surface area contributed by atoms with Gasteiger partial charge >= 0.3 is 0 Å². The minimum absolute atomic E-state index is 0.176. The molecule has 1 unspecified atom stereocenters. The molecule has 0 radical (unpaired) electrons. The van der Waals surface area contributed by atoms with Crippen molar-refractivity contribution in [3.05, 3.63) is 68.7 Å². The van der Waals surface area contributed by atoms with Crippen molar-refractivity contribution in [2.45, 2.75) is 19.9 Å². The summed E-state index contributed by atoms with van der Waals surface area (Å²) in [4.78, 5) is 0. The molecule has 100 valence electrons. The van der Waals surface area contributed by atoms with E-state index in [1.54, 1.807) is 6.07 Å². The van der Waals surface area contributed by atoms with Gasteiger partial charge < -0.3 is 0 Å². The van der Waals surface area contributed by atoms with Crippen molar-refractivity contribution in [3.8, 4) is 0 Å². The first-order valence-corrected chi connectivity index (χ1v) is 6.76. The summed E-state index contributed by atoms with van der Waals surface area (Å²) in [5, 5.41) is 1.06. The van der Waals surface area contributed by atoms with Crippen molar-refractivity contribution in [1.82, 2.24) is 5.43 Å². The zero-order chi connectivity index (χ0) is 14.0. The van der Waals surface area contributed by atoms with Gasteiger partial charge in [-0.3, -0.25) is 5.84 Å². The average Bonchev–Trinajstić information content (AvgIpc) is 2.34. The number of rotatable bonds is 3. The average molecular weight is 295 g/mol. The third kappa shape index (κ3) is 3.10. The van der Waals surface area contributed by atoms with Crippen molar-refractivity contribution >= 4 is 23.2 Å². The lowest BCUT2D eigenvalue weighted by atomic mass is 9.96. The van der Waals surface area contributed by atoms with Crippen molar-refractivity contribution in [3.63, 3.8) is 0 Å². The molecule has 19 heavy (non-hydrogen) atoms. The number of benzene rings is 2. The molecule has 0 amide bonds. The largest absolute Gasteiger partial charge is 0.271 e. The Morgan fingerprint density at radius 2 is 1.68 bits per heavy atom. The molecule has 0 fully saturated rings. The summed E-state index contributed by atoms with van der Waals surface area (Å²) in [5.41, 5.74) is 7.14. The predicted octanol–water partition coefficient (Wildman–Crippen LogP) is 4.16. The van der Waals surface area contributed by atoms with Gasteiger partial charge in [0.2, 0.25) is 0 Å². The van der Waals surface area contributed by atoms with E-state index in [1.165, 1.54) is 11.1 Å². The fraction of sp³-hybridized carbons (Fsp3) is 0.200. The predicted molar refractivity (Wildman–Crippen MR) is 81.5 cm³/mol. The first kappa shape index (κ1) is 14.4. The van der Waals surface area contributed by atoms with Crippen LogP contribution in [0.3, 0.4) is 0 Å². The van der Waals surface area contributed by atoms with E-state index in [1.807, 2.05) is 12.1 Å². The van der Waals surface area contributed by atoms with Crippen molar-refractivity contribution in [2.24, 2.45) is 5.84 Å². The van der Waals surface area contributed by atoms with Crippen LogP contribution in [-0.4, -0.2) is 0 Å². The van der Waals surface area contributed by atoms with Gasteiger partial charge in [-0.05, 0) is 31.0 Å². The van der Waals surface area contributed by atoms with E-state index in [0.717, 1.165) is 11.1 Å². The lowest BCUT2D eigenvalue weighted by Crippen LogP contribution is -2.29. The lowest BCUT2D eigenvalue weighted by Gasteiger charge is -2.20. The minimum atomic E-state index is -0.176. The molecule has 0 saturated carbocycles. The first-order chi connectivity index (χ1) is 9.02. The number of hydrogen-bond donors (Lipinski definition) is 2. The SMILES string of the molecule is Cc1cc(C)cc(C(NN)c2cccc(Cl)c2Cl)c1. The van der Waals surface area contributed by atoms with Gasteiger partial charge in [0.15, 0.2) is 0 Å². The highest BCUT2D eigenvalue weighted by Gasteiger charge is 2.17. The van der Waals surface area contributed by atoms with Crippen LogP contribution in [0.2, 0.25) is 10.0 Å². The summed E-state index contributed by atoms with van der Waals surface area (Å²) >= 11 is 12.3. The molecule has 0 aliphatic rings. The Hall–Kier alpha value is -1.06. The van der Waals surface area contributed by atoms with Gasteiger partial charge in [-0.15, -0.1) is 0 Å². The molecular weight excluding hydrogens is 279 g/mol. The molecule has 0 heterocycles. The number of nitrogens with two attached hydrogens (primary N) is 1. The number of aryl methyl sites for hydroxylation is 2. The summed E-state index contributed by atoms with van der Waals surface area (Å²) < 4.78 is 0. The van der Waals surface area contributed by atoms with Gasteiger partial charge in [0.05, 0.1) is 16.1 Å². The second kappa shape index (κ2) is 5.93. The van der Waals surface area contributed by atoms with E-state index in [-0.39, 0.29) is 6.04 Å². The van der Waals surface area contributed by atoms with E-state index in [2.05, 4.69) is 37.5 Å². The Bertz CT molecular complexity index is 576. The van der Waals surface area contributed by atoms with Crippen LogP contribution in [0.25, 0.3) is 0 Å². The van der Waals surface area contributed by atoms with Crippen molar-refractivity contribution in [2.75, 3.05) is 0 Å². The van der Waals surface area contributed by atoms with E-state index >= 15 is 0 Å². The highest BCUT2D eigenvalue weighted by Crippen LogP contribution is 2.33. The maximum Gasteiger partial charge on any atom is 0.0725 e. The van der Waals surface area contributed by atoms with Crippen LogP contribution < -0.4 is 11.3 Å². The van der Waals surface area contributed by atoms with Gasteiger partial charge in [-0.25, -0.2) is 5.43 Å². The molecule has 0 spiro atoms. The second-order valence-electron chi connectivity index (χ2n) is 4.66. The molecule has 0 aliphatic heterocycles. The molecule has 2 rings (SSSR count). The quantitative estimate of drug-likeness (QED) is 0.659. The van der Waals surface area contributed by atoms with Crippen LogP contribution >= 0.6 is 23.2 Å². The highest BCUT2D eigenvalue weighted by molar-refractivity contribution is 6.42. The van der Waals surface area contributed by atoms with Gasteiger partial charge in [0, 0.05) is 0 Å². The molecule has 2 aromatic carbocycles. The molecule has 2 nitrogen and oxygen atoms in total. The van der Waals surface area contributed by atoms with Crippen LogP contribution in [0.1, 0.15) is 28.3 Å². The van der Waals surface area contributed by atoms with Crippen LogP contribution in [-0.2, 0) is 0 Å². The number of halogens is 2. The number of nitrogens with one attached hydrogen (secondary N) is 1. The zero-order valence-electron chi connectivity index (χ0n) is 10.9. The third-order valence-electron chi connectivity index (χ3n) is 3.04. The highest BCUT2D eigenvalue weighted by atomic mass is 35.5. The summed E-state index contributed by atoms with van der Waals surface area (Å²) in [7, 11) is 0. The molecule has 0 saturated heterocycles. The standard InChI is InChI=1S/C15H16Cl2N2/c1-9-6-10(2)8-11(7-9)15(19-18)12-4-3-5-13(16)14(12)17/h3-8,15,19H,18H2,1-2H3.